The van der Waals surface area contributed by atoms with Crippen molar-refractivity contribution in [3.05, 3.63) is 101 Å². The molecular weight excluding hydrogens is 671 g/mol. The fourth-order valence-corrected chi connectivity index (χ4v) is 6.88. The summed E-state index contributed by atoms with van der Waals surface area (Å²) in [7, 11) is 1.44. The summed E-state index contributed by atoms with van der Waals surface area (Å²) in [6.07, 6.45) is 3.98. The van der Waals surface area contributed by atoms with Crippen LogP contribution in [0.4, 0.5) is 22.0 Å². The van der Waals surface area contributed by atoms with Gasteiger partial charge in [-0.2, -0.15) is 18.3 Å². The zero-order valence-corrected chi connectivity index (χ0v) is 28.1. The van der Waals surface area contributed by atoms with Gasteiger partial charge in [0.15, 0.2) is 5.82 Å². The molecule has 6 aromatic rings. The van der Waals surface area contributed by atoms with Crippen molar-refractivity contribution in [1.29, 1.82) is 0 Å². The van der Waals surface area contributed by atoms with Crippen LogP contribution in [0.1, 0.15) is 47.4 Å². The van der Waals surface area contributed by atoms with Crippen molar-refractivity contribution in [1.82, 2.24) is 39.3 Å². The summed E-state index contributed by atoms with van der Waals surface area (Å²) < 4.78 is 76.0. The monoisotopic (exact) mass is 704 g/mol. The molecule has 1 aliphatic heterocycles. The van der Waals surface area contributed by atoms with Crippen molar-refractivity contribution in [3.8, 4) is 11.3 Å². The van der Waals surface area contributed by atoms with E-state index >= 15 is 8.78 Å². The Balaban J connectivity index is 1.23. The van der Waals surface area contributed by atoms with Crippen LogP contribution in [0.2, 0.25) is 0 Å². The van der Waals surface area contributed by atoms with Crippen molar-refractivity contribution >= 4 is 33.8 Å². The Bertz CT molecular complexity index is 2340. The van der Waals surface area contributed by atoms with Gasteiger partial charge in [-0.15, -0.1) is 5.10 Å². The summed E-state index contributed by atoms with van der Waals surface area (Å²) in [6, 6.07) is 10.1. The van der Waals surface area contributed by atoms with E-state index in [9.17, 15) is 22.8 Å². The number of nitrogens with one attached hydrogen (secondary N) is 1. The largest absolute Gasteiger partial charge is 0.348 e. The molecular formula is C36H33F5N8O2. The average molecular weight is 705 g/mol. The van der Waals surface area contributed by atoms with E-state index in [-0.39, 0.29) is 58.4 Å². The van der Waals surface area contributed by atoms with Gasteiger partial charge in [0.25, 0.3) is 11.9 Å². The predicted octanol–water partition coefficient (Wildman–Crippen LogP) is 6.11. The number of halogens is 5. The molecule has 7 rings (SSSR count). The molecule has 2 aromatic carbocycles. The first-order valence-electron chi connectivity index (χ1n) is 16.2. The number of aromatic nitrogens is 6. The number of rotatable bonds is 9. The molecule has 4 aromatic heterocycles. The Hall–Kier alpha value is -5.60. The van der Waals surface area contributed by atoms with Crippen molar-refractivity contribution in [2.75, 3.05) is 6.54 Å². The van der Waals surface area contributed by atoms with Gasteiger partial charge in [-0.3, -0.25) is 14.3 Å². The topological polar surface area (TPSA) is 103 Å². The summed E-state index contributed by atoms with van der Waals surface area (Å²) in [5.41, 5.74) is 0.915. The number of benzene rings is 2. The third kappa shape index (κ3) is 6.21. The fraction of sp³-hybridized carbons (Fsp3) is 0.306. The summed E-state index contributed by atoms with van der Waals surface area (Å²) in [5, 5.41) is 11.4. The lowest BCUT2D eigenvalue weighted by Crippen LogP contribution is -2.57. The molecule has 10 nitrogen and oxygen atoms in total. The second kappa shape index (κ2) is 12.6. The zero-order chi connectivity index (χ0) is 36.4. The summed E-state index contributed by atoms with van der Waals surface area (Å²) in [4.78, 5) is 33.8. The van der Waals surface area contributed by atoms with Gasteiger partial charge in [0.1, 0.15) is 23.1 Å². The van der Waals surface area contributed by atoms with Gasteiger partial charge in [0.05, 0.1) is 22.8 Å². The van der Waals surface area contributed by atoms with Crippen LogP contribution < -0.4 is 5.32 Å². The Kier molecular flexibility index (Phi) is 8.38. The fourth-order valence-electron chi connectivity index (χ4n) is 6.88. The maximum absolute atomic E-state index is 15.6. The van der Waals surface area contributed by atoms with Gasteiger partial charge >= 0.3 is 6.55 Å². The molecule has 0 fully saturated rings. The summed E-state index contributed by atoms with van der Waals surface area (Å²) in [6.45, 7) is 2.96. The number of aryl methyl sites for hydroxylation is 2. The highest BCUT2D eigenvalue weighted by Gasteiger charge is 2.39. The number of carbonyl (C=O) groups excluding carboxylic acids is 2. The maximum Gasteiger partial charge on any atom is 0.333 e. The van der Waals surface area contributed by atoms with Crippen LogP contribution in [0.3, 0.4) is 0 Å². The number of alkyl halides is 2. The quantitative estimate of drug-likeness (QED) is 0.183. The molecule has 15 heteroatoms. The molecule has 1 aliphatic rings. The minimum atomic E-state index is -2.92. The van der Waals surface area contributed by atoms with Crippen LogP contribution in [0.25, 0.3) is 33.2 Å². The standard InChI is InChI=1S/C36H33F5N8O2/c1-19-5-6-21-9-11-47(26(21)13-19)18-36(2,3)44-33(50)28(14-20-16-42-49(17-20)35(40)41)48-12-10-22-23(7-8-24(37)29(22)34(48)51)30-25(38)15-27-31(43-30)32(39)45-46(27)4/h5-9,11,13,15-17,28,35H,10,12,14,18H2,1-4H3,(H,44,50)/t28-/m1/s1. The highest BCUT2D eigenvalue weighted by atomic mass is 19.3. The second-order valence-electron chi connectivity index (χ2n) is 13.5. The molecule has 0 aliphatic carbocycles. The van der Waals surface area contributed by atoms with Gasteiger partial charge in [0.2, 0.25) is 5.91 Å². The van der Waals surface area contributed by atoms with Crippen molar-refractivity contribution < 1.29 is 31.5 Å². The normalized spacial score (nSPS) is 14.2. The SMILES string of the molecule is Cc1ccc2ccn(CC(C)(C)NC(=O)[C@@H](Cc3cnn(C(F)F)c3)N3CCc4c(-c5nc6c(F)nn(C)c6cc5F)ccc(F)c4C3=O)c2c1. The molecule has 51 heavy (non-hydrogen) atoms. The summed E-state index contributed by atoms with van der Waals surface area (Å²) in [5.74, 6) is -4.08. The summed E-state index contributed by atoms with van der Waals surface area (Å²) >= 11 is 0. The Morgan fingerprint density at radius 2 is 1.82 bits per heavy atom. The van der Waals surface area contributed by atoms with Crippen molar-refractivity contribution in [2.45, 2.75) is 58.3 Å². The minimum absolute atomic E-state index is 0.0129. The molecule has 0 bridgehead atoms. The van der Waals surface area contributed by atoms with E-state index in [2.05, 4.69) is 20.5 Å². The number of fused-ring (bicyclic) bond motifs is 3. The molecule has 0 saturated carbocycles. The number of hydrogen-bond donors (Lipinski definition) is 1. The van der Waals surface area contributed by atoms with Crippen molar-refractivity contribution in [3.63, 3.8) is 0 Å². The molecule has 0 saturated heterocycles. The molecule has 2 amide bonds. The molecule has 0 unspecified atom stereocenters. The third-order valence-electron chi connectivity index (χ3n) is 9.25. The van der Waals surface area contributed by atoms with E-state index in [4.69, 9.17) is 0 Å². The number of amides is 2. The van der Waals surface area contributed by atoms with E-state index in [1.165, 1.54) is 24.2 Å². The molecule has 5 heterocycles. The van der Waals surface area contributed by atoms with Crippen LogP contribution in [-0.2, 0) is 31.2 Å². The number of pyridine rings is 1. The zero-order valence-electron chi connectivity index (χ0n) is 28.1. The lowest BCUT2D eigenvalue weighted by Gasteiger charge is -2.37. The van der Waals surface area contributed by atoms with Crippen LogP contribution in [0.15, 0.2) is 61.1 Å². The van der Waals surface area contributed by atoms with E-state index in [1.54, 1.807) is 0 Å². The van der Waals surface area contributed by atoms with Crippen LogP contribution in [0, 0.1) is 24.5 Å². The molecule has 0 spiro atoms. The van der Waals surface area contributed by atoms with Crippen LogP contribution >= 0.6 is 0 Å². The third-order valence-corrected chi connectivity index (χ3v) is 9.25. The highest BCUT2D eigenvalue weighted by Crippen LogP contribution is 2.35. The smallest absolute Gasteiger partial charge is 0.333 e. The minimum Gasteiger partial charge on any atom is -0.348 e. The van der Waals surface area contributed by atoms with Gasteiger partial charge < -0.3 is 14.8 Å². The maximum atomic E-state index is 15.6. The first-order chi connectivity index (χ1) is 24.2. The lowest BCUT2D eigenvalue weighted by molar-refractivity contribution is -0.127. The van der Waals surface area contributed by atoms with Gasteiger partial charge in [-0.25, -0.2) is 18.4 Å². The van der Waals surface area contributed by atoms with Crippen LogP contribution in [-0.4, -0.2) is 64.0 Å². The van der Waals surface area contributed by atoms with E-state index in [0.717, 1.165) is 39.5 Å². The van der Waals surface area contributed by atoms with Crippen molar-refractivity contribution in [2.24, 2.45) is 7.05 Å². The molecule has 264 valence electrons. The van der Waals surface area contributed by atoms with Gasteiger partial charge in [-0.1, -0.05) is 12.1 Å². The van der Waals surface area contributed by atoms with Crippen LogP contribution in [0.5, 0.6) is 0 Å². The number of hydrogen-bond acceptors (Lipinski definition) is 5. The molecule has 1 N–H and O–H groups in total. The second-order valence-corrected chi connectivity index (χ2v) is 13.5. The molecule has 1 atom stereocenters. The van der Waals surface area contributed by atoms with E-state index in [0.29, 0.717) is 11.2 Å². The number of carbonyl (C=O) groups is 2. The Morgan fingerprint density at radius 1 is 1.04 bits per heavy atom. The lowest BCUT2D eigenvalue weighted by atomic mass is 9.90. The highest BCUT2D eigenvalue weighted by molar-refractivity contribution is 6.01. The van der Waals surface area contributed by atoms with Gasteiger partial charge in [0, 0.05) is 56.1 Å². The first kappa shape index (κ1) is 33.9. The average Bonchev–Trinajstić information content (AvgIpc) is 3.77. The Morgan fingerprint density at radius 3 is 2.57 bits per heavy atom. The van der Waals surface area contributed by atoms with E-state index < -0.39 is 47.5 Å². The molecule has 0 radical (unpaired) electrons. The Labute approximate surface area is 288 Å². The van der Waals surface area contributed by atoms with Gasteiger partial charge in [-0.05, 0) is 73.5 Å². The number of nitrogens with zero attached hydrogens (tertiary/aromatic N) is 7. The van der Waals surface area contributed by atoms with E-state index in [1.807, 2.05) is 55.8 Å². The predicted molar refractivity (Wildman–Crippen MR) is 178 cm³/mol. The first-order valence-corrected chi connectivity index (χ1v) is 16.2.